The molecule has 2 aromatic heterocycles. The third-order valence-electron chi connectivity index (χ3n) is 5.08. The molecule has 0 aliphatic heterocycles. The van der Waals surface area contributed by atoms with Crippen molar-refractivity contribution < 1.29 is 30.8 Å². The number of thiophene rings is 1. The fourth-order valence-electron chi connectivity index (χ4n) is 3.14. The van der Waals surface area contributed by atoms with Crippen molar-refractivity contribution in [2.75, 3.05) is 37.6 Å². The van der Waals surface area contributed by atoms with Crippen LogP contribution in [0.5, 0.6) is 0 Å². The average molecular weight is 515 g/mol. The van der Waals surface area contributed by atoms with E-state index >= 15 is 0 Å². The van der Waals surface area contributed by atoms with Crippen LogP contribution in [-0.2, 0) is 29.3 Å². The summed E-state index contributed by atoms with van der Waals surface area (Å²) in [7, 11) is -5.96. The van der Waals surface area contributed by atoms with Crippen molar-refractivity contribution in [1.82, 2.24) is 5.16 Å². The zero-order valence-corrected chi connectivity index (χ0v) is 21.4. The molecule has 0 fully saturated rings. The predicted molar refractivity (Wildman–Crippen MR) is 126 cm³/mol. The lowest BCUT2D eigenvalue weighted by molar-refractivity contribution is 0.0753. The van der Waals surface area contributed by atoms with Gasteiger partial charge in [-0.1, -0.05) is 11.2 Å². The van der Waals surface area contributed by atoms with Crippen LogP contribution in [-0.4, -0.2) is 55.3 Å². The molecular formula is C21H26N2O7S3. The second kappa shape index (κ2) is 9.94. The third-order valence-corrected chi connectivity index (χ3v) is 9.36. The van der Waals surface area contributed by atoms with E-state index in [9.17, 15) is 16.8 Å². The number of rotatable bonds is 10. The van der Waals surface area contributed by atoms with E-state index < -0.39 is 19.9 Å². The minimum atomic E-state index is -4.10. The molecule has 3 aromatic rings. The van der Waals surface area contributed by atoms with Gasteiger partial charge in [-0.3, -0.25) is 0 Å². The van der Waals surface area contributed by atoms with Gasteiger partial charge < -0.3 is 14.0 Å². The van der Waals surface area contributed by atoms with Gasteiger partial charge in [-0.15, -0.1) is 11.3 Å². The largest absolute Gasteiger partial charge is 0.382 e. The molecule has 0 bridgehead atoms. The van der Waals surface area contributed by atoms with Crippen molar-refractivity contribution in [3.8, 4) is 11.1 Å². The van der Waals surface area contributed by atoms with Gasteiger partial charge in [0.25, 0.3) is 10.0 Å². The van der Waals surface area contributed by atoms with E-state index in [-0.39, 0.29) is 28.3 Å². The molecule has 0 radical (unpaired) electrons. The predicted octanol–water partition coefficient (Wildman–Crippen LogP) is 3.55. The number of nitrogens with zero attached hydrogens (tertiary/aromatic N) is 2. The van der Waals surface area contributed by atoms with Crippen LogP contribution in [0.1, 0.15) is 16.9 Å². The molecule has 3 rings (SSSR count). The lowest BCUT2D eigenvalue weighted by Gasteiger charge is -2.22. The number of methoxy groups -OCH3 is 1. The maximum absolute atomic E-state index is 13.8. The van der Waals surface area contributed by atoms with E-state index in [2.05, 4.69) is 5.16 Å². The number of sulfonamides is 1. The fourth-order valence-corrected chi connectivity index (χ4v) is 6.67. The smallest absolute Gasteiger partial charge is 0.277 e. The molecular weight excluding hydrogens is 488 g/mol. The van der Waals surface area contributed by atoms with Crippen molar-refractivity contribution in [2.45, 2.75) is 29.9 Å². The van der Waals surface area contributed by atoms with Crippen molar-refractivity contribution in [2.24, 2.45) is 0 Å². The monoisotopic (exact) mass is 514 g/mol. The molecule has 0 amide bonds. The van der Waals surface area contributed by atoms with E-state index in [0.29, 0.717) is 34.6 Å². The molecule has 0 aliphatic rings. The molecule has 12 heteroatoms. The minimum Gasteiger partial charge on any atom is -0.382 e. The Morgan fingerprint density at radius 1 is 1.06 bits per heavy atom. The van der Waals surface area contributed by atoms with Gasteiger partial charge in [0, 0.05) is 24.5 Å². The molecule has 1 aromatic carbocycles. The summed E-state index contributed by atoms with van der Waals surface area (Å²) in [5, 5.41) is 5.63. The molecule has 180 valence electrons. The highest BCUT2D eigenvalue weighted by molar-refractivity contribution is 7.95. The van der Waals surface area contributed by atoms with Gasteiger partial charge in [0.2, 0.25) is 0 Å². The van der Waals surface area contributed by atoms with Crippen molar-refractivity contribution in [1.29, 1.82) is 0 Å². The first-order chi connectivity index (χ1) is 15.5. The molecule has 0 aliphatic carbocycles. The maximum atomic E-state index is 13.8. The Morgan fingerprint density at radius 3 is 2.36 bits per heavy atom. The van der Waals surface area contributed by atoms with Crippen LogP contribution in [0.3, 0.4) is 0 Å². The Hall–Kier alpha value is -2.25. The van der Waals surface area contributed by atoms with Crippen molar-refractivity contribution in [3.63, 3.8) is 0 Å². The first-order valence-electron chi connectivity index (χ1n) is 9.89. The quantitative estimate of drug-likeness (QED) is 0.298. The summed E-state index contributed by atoms with van der Waals surface area (Å²) in [4.78, 5) is 0.172. The number of hydrogen-bond donors (Lipinski definition) is 0. The van der Waals surface area contributed by atoms with Gasteiger partial charge in [-0.25, -0.2) is 21.1 Å². The van der Waals surface area contributed by atoms with Gasteiger partial charge in [0.1, 0.15) is 16.7 Å². The number of benzene rings is 1. The number of aryl methyl sites for hydroxylation is 2. The number of hydrogen-bond acceptors (Lipinski definition) is 9. The zero-order valence-electron chi connectivity index (χ0n) is 19.0. The average Bonchev–Trinajstić information content (AvgIpc) is 3.35. The van der Waals surface area contributed by atoms with Crippen LogP contribution < -0.4 is 4.31 Å². The highest BCUT2D eigenvalue weighted by Crippen LogP contribution is 2.38. The van der Waals surface area contributed by atoms with Crippen LogP contribution >= 0.6 is 11.3 Å². The summed E-state index contributed by atoms with van der Waals surface area (Å²) in [5.41, 5.74) is 2.32. The van der Waals surface area contributed by atoms with E-state index in [4.69, 9.17) is 14.0 Å². The molecule has 0 N–H and O–H groups in total. The van der Waals surface area contributed by atoms with Crippen LogP contribution in [0.2, 0.25) is 0 Å². The summed E-state index contributed by atoms with van der Waals surface area (Å²) in [6.45, 7) is 5.40. The third kappa shape index (κ3) is 5.30. The molecule has 33 heavy (non-hydrogen) atoms. The molecule has 9 nitrogen and oxygen atoms in total. The summed E-state index contributed by atoms with van der Waals surface area (Å²) < 4.78 is 68.3. The lowest BCUT2D eigenvalue weighted by Crippen LogP contribution is -2.34. The minimum absolute atomic E-state index is 0.0908. The Morgan fingerprint density at radius 2 is 1.79 bits per heavy atom. The van der Waals surface area contributed by atoms with Gasteiger partial charge in [-0.2, -0.15) is 0 Å². The van der Waals surface area contributed by atoms with Crippen molar-refractivity contribution in [3.05, 3.63) is 46.5 Å². The normalized spacial score (nSPS) is 12.3. The zero-order chi connectivity index (χ0) is 24.4. The highest BCUT2D eigenvalue weighted by Gasteiger charge is 2.33. The Labute approximate surface area is 197 Å². The van der Waals surface area contributed by atoms with Gasteiger partial charge in [-0.05, 0) is 55.5 Å². The van der Waals surface area contributed by atoms with E-state index in [1.54, 1.807) is 38.3 Å². The number of ether oxygens (including phenoxy) is 2. The Balaban J connectivity index is 2.07. The molecule has 0 saturated carbocycles. The van der Waals surface area contributed by atoms with E-state index in [1.807, 2.05) is 0 Å². The van der Waals surface area contributed by atoms with Crippen LogP contribution in [0, 0.1) is 20.8 Å². The highest BCUT2D eigenvalue weighted by atomic mass is 32.2. The van der Waals surface area contributed by atoms with Crippen molar-refractivity contribution >= 4 is 37.0 Å². The standard InChI is InChI=1S/C21H26N2O7S3/c1-14-12-17(32(5,24)25)6-7-18(14)19-8-11-31-21(19)33(26,27)23(13-29-10-9-28-4)20-15(2)16(3)30-22-20/h6-8,11-12H,9-10,13H2,1-5H3. The fraction of sp³-hybridized carbons (Fsp3) is 0.381. The second-order valence-corrected chi connectivity index (χ2v) is 12.4. The van der Waals surface area contributed by atoms with Crippen LogP contribution in [0.15, 0.2) is 43.3 Å². The molecule has 0 atom stereocenters. The first-order valence-corrected chi connectivity index (χ1v) is 14.1. The molecule has 0 unspecified atom stereocenters. The molecule has 2 heterocycles. The number of aromatic nitrogens is 1. The first kappa shape index (κ1) is 25.4. The van der Waals surface area contributed by atoms with Crippen LogP contribution in [0.25, 0.3) is 11.1 Å². The van der Waals surface area contributed by atoms with Gasteiger partial charge in [0.15, 0.2) is 15.7 Å². The van der Waals surface area contributed by atoms with Gasteiger partial charge >= 0.3 is 0 Å². The van der Waals surface area contributed by atoms with E-state index in [0.717, 1.165) is 21.9 Å². The summed E-state index contributed by atoms with van der Waals surface area (Å²) in [5.74, 6) is 0.647. The number of anilines is 1. The second-order valence-electron chi connectivity index (χ2n) is 7.44. The summed E-state index contributed by atoms with van der Waals surface area (Å²) in [6.07, 6.45) is 1.13. The molecule has 0 spiro atoms. The molecule has 0 saturated heterocycles. The Kier molecular flexibility index (Phi) is 7.64. The topological polar surface area (TPSA) is 116 Å². The summed E-state index contributed by atoms with van der Waals surface area (Å²) in [6, 6.07) is 6.33. The number of sulfone groups is 1. The SMILES string of the molecule is COCCOCN(c1noc(C)c1C)S(=O)(=O)c1sccc1-c1ccc(S(C)(=O)=O)cc1C. The van der Waals surface area contributed by atoms with Crippen LogP contribution in [0.4, 0.5) is 5.82 Å². The van der Waals surface area contributed by atoms with E-state index in [1.165, 1.54) is 19.2 Å². The lowest BCUT2D eigenvalue weighted by atomic mass is 10.0. The van der Waals surface area contributed by atoms with Gasteiger partial charge in [0.05, 0.1) is 18.1 Å². The Bertz CT molecular complexity index is 1340. The maximum Gasteiger partial charge on any atom is 0.277 e. The summed E-state index contributed by atoms with van der Waals surface area (Å²) >= 11 is 1.06.